The molecule has 3 fully saturated rings. The van der Waals surface area contributed by atoms with Gasteiger partial charge in [0, 0.05) is 55.0 Å². The Kier molecular flexibility index (Phi) is 6.22. The van der Waals surface area contributed by atoms with Crippen molar-refractivity contribution in [2.24, 2.45) is 0 Å². The van der Waals surface area contributed by atoms with Crippen molar-refractivity contribution in [1.29, 1.82) is 0 Å². The zero-order chi connectivity index (χ0) is 28.4. The number of aromatic nitrogens is 3. The number of nitrogens with zero attached hydrogens (tertiary/aromatic N) is 5. The highest BCUT2D eigenvalue weighted by Crippen LogP contribution is 2.38. The number of carbonyl (C=O) groups is 2. The van der Waals surface area contributed by atoms with E-state index < -0.39 is 42.2 Å². The SMILES string of the molecule is CC1(Nc2cc(C(=O)N3CC(c4nn(CC(=O)N5CCC[C@H]5C(F)(F)F)c5cc(F)cc(F)c45)C3)ccn2)CC1. The quantitative estimate of drug-likeness (QED) is 0.449. The Hall–Kier alpha value is -3.77. The van der Waals surface area contributed by atoms with Crippen molar-refractivity contribution in [3.63, 3.8) is 0 Å². The molecule has 3 aliphatic rings. The van der Waals surface area contributed by atoms with Crippen molar-refractivity contribution < 1.29 is 31.5 Å². The van der Waals surface area contributed by atoms with E-state index in [0.29, 0.717) is 17.4 Å². The van der Waals surface area contributed by atoms with Gasteiger partial charge in [-0.05, 0) is 44.7 Å². The lowest BCUT2D eigenvalue weighted by atomic mass is 9.93. The molecule has 1 N–H and O–H groups in total. The van der Waals surface area contributed by atoms with Crippen LogP contribution in [0.5, 0.6) is 0 Å². The summed E-state index contributed by atoms with van der Waals surface area (Å²) in [5.41, 5.74) is 0.645. The van der Waals surface area contributed by atoms with Crippen molar-refractivity contribution in [2.45, 2.75) is 62.8 Å². The smallest absolute Gasteiger partial charge is 0.365 e. The first-order valence-electron chi connectivity index (χ1n) is 13.2. The van der Waals surface area contributed by atoms with Gasteiger partial charge in [0.25, 0.3) is 5.91 Å². The number of nitrogens with one attached hydrogen (secondary N) is 1. The molecule has 2 aromatic heterocycles. The average Bonchev–Trinajstić information content (AvgIpc) is 3.24. The number of alkyl halides is 3. The molecule has 2 saturated heterocycles. The minimum absolute atomic E-state index is 0.00633. The van der Waals surface area contributed by atoms with E-state index in [1.807, 2.05) is 0 Å². The van der Waals surface area contributed by atoms with Gasteiger partial charge in [0.15, 0.2) is 0 Å². The largest absolute Gasteiger partial charge is 0.408 e. The van der Waals surface area contributed by atoms with E-state index in [2.05, 4.69) is 22.3 Å². The molecule has 0 bridgehead atoms. The predicted octanol–water partition coefficient (Wildman–Crippen LogP) is 4.47. The summed E-state index contributed by atoms with van der Waals surface area (Å²) in [6, 6.07) is 3.12. The number of fused-ring (bicyclic) bond motifs is 1. The van der Waals surface area contributed by atoms with E-state index in [0.717, 1.165) is 28.5 Å². The fourth-order valence-corrected chi connectivity index (χ4v) is 5.54. The van der Waals surface area contributed by atoms with Crippen LogP contribution >= 0.6 is 0 Å². The topological polar surface area (TPSA) is 83.4 Å². The van der Waals surface area contributed by atoms with Crippen LogP contribution in [0.2, 0.25) is 0 Å². The Bertz CT molecular complexity index is 1490. The maximum atomic E-state index is 15.0. The normalized spacial score (nSPS) is 20.6. The third kappa shape index (κ3) is 4.86. The lowest BCUT2D eigenvalue weighted by Crippen LogP contribution is -2.48. The number of pyridine rings is 1. The van der Waals surface area contributed by atoms with Crippen LogP contribution in [0.4, 0.5) is 27.8 Å². The monoisotopic (exact) mass is 562 g/mol. The van der Waals surface area contributed by atoms with Gasteiger partial charge in [-0.1, -0.05) is 0 Å². The summed E-state index contributed by atoms with van der Waals surface area (Å²) >= 11 is 0. The van der Waals surface area contributed by atoms with Gasteiger partial charge in [0.05, 0.1) is 16.6 Å². The second-order valence-corrected chi connectivity index (χ2v) is 11.1. The van der Waals surface area contributed by atoms with Crippen LogP contribution in [0.1, 0.15) is 54.6 Å². The van der Waals surface area contributed by atoms with E-state index in [4.69, 9.17) is 0 Å². The number of benzene rings is 1. The minimum Gasteiger partial charge on any atom is -0.365 e. The molecule has 1 atom stereocenters. The van der Waals surface area contributed by atoms with Crippen molar-refractivity contribution in [3.05, 3.63) is 53.4 Å². The first-order valence-corrected chi connectivity index (χ1v) is 13.2. The van der Waals surface area contributed by atoms with Gasteiger partial charge in [-0.25, -0.2) is 13.8 Å². The van der Waals surface area contributed by atoms with E-state index in [-0.39, 0.29) is 60.5 Å². The Morgan fingerprint density at radius 1 is 1.15 bits per heavy atom. The third-order valence-corrected chi connectivity index (χ3v) is 8.03. The van der Waals surface area contributed by atoms with Gasteiger partial charge in [0.2, 0.25) is 5.91 Å². The van der Waals surface area contributed by atoms with E-state index in [1.54, 1.807) is 23.2 Å². The summed E-state index contributed by atoms with van der Waals surface area (Å²) in [7, 11) is 0. The molecule has 0 spiro atoms. The average molecular weight is 563 g/mol. The Labute approximate surface area is 226 Å². The highest BCUT2D eigenvalue weighted by molar-refractivity contribution is 5.96. The molecule has 4 heterocycles. The highest BCUT2D eigenvalue weighted by Gasteiger charge is 2.48. The lowest BCUT2D eigenvalue weighted by molar-refractivity contribution is -0.183. The number of hydrogen-bond acceptors (Lipinski definition) is 5. The fourth-order valence-electron chi connectivity index (χ4n) is 5.54. The molecular weight excluding hydrogens is 535 g/mol. The second kappa shape index (κ2) is 9.41. The van der Waals surface area contributed by atoms with Crippen LogP contribution in [0.3, 0.4) is 0 Å². The van der Waals surface area contributed by atoms with Crippen LogP contribution in [-0.2, 0) is 11.3 Å². The van der Waals surface area contributed by atoms with Crippen molar-refractivity contribution in [1.82, 2.24) is 24.6 Å². The molecule has 8 nitrogen and oxygen atoms in total. The number of carbonyl (C=O) groups excluding carboxylic acids is 2. The first-order chi connectivity index (χ1) is 18.9. The molecule has 6 rings (SSSR count). The van der Waals surface area contributed by atoms with Crippen LogP contribution in [0.15, 0.2) is 30.5 Å². The van der Waals surface area contributed by atoms with Gasteiger partial charge in [-0.3, -0.25) is 14.3 Å². The molecule has 2 aliphatic heterocycles. The predicted molar refractivity (Wildman–Crippen MR) is 135 cm³/mol. The second-order valence-electron chi connectivity index (χ2n) is 11.1. The van der Waals surface area contributed by atoms with Gasteiger partial charge in [-0.2, -0.15) is 18.3 Å². The number of anilines is 1. The van der Waals surface area contributed by atoms with Gasteiger partial charge in [0.1, 0.15) is 30.0 Å². The Balaban J connectivity index is 1.21. The summed E-state index contributed by atoms with van der Waals surface area (Å²) in [4.78, 5) is 32.6. The first kappa shape index (κ1) is 26.5. The standard InChI is InChI=1S/C27H27F5N6O2/c1-26(5-6-26)34-21-9-15(4-7-33-21)25(40)36-12-16(13-36)24-23-18(29)10-17(28)11-19(23)38(35-24)14-22(39)37-8-2-3-20(37)27(30,31)32/h4,7,9-11,16,20H,2-3,5-6,8,12-14H2,1H3,(H,33,34)/t20-/m0/s1. The van der Waals surface area contributed by atoms with Gasteiger partial charge < -0.3 is 15.1 Å². The summed E-state index contributed by atoms with van der Waals surface area (Å²) in [5.74, 6) is -2.64. The molecule has 13 heteroatoms. The molecule has 0 radical (unpaired) electrons. The van der Waals surface area contributed by atoms with Crippen LogP contribution in [0.25, 0.3) is 10.9 Å². The molecular formula is C27H27F5N6O2. The van der Waals surface area contributed by atoms with Crippen molar-refractivity contribution in [2.75, 3.05) is 25.0 Å². The number of amides is 2. The number of halogens is 5. The molecule has 1 aromatic carbocycles. The molecule has 1 aliphatic carbocycles. The summed E-state index contributed by atoms with van der Waals surface area (Å²) in [6.45, 7) is 1.85. The highest BCUT2D eigenvalue weighted by atomic mass is 19.4. The number of rotatable bonds is 6. The molecule has 40 heavy (non-hydrogen) atoms. The minimum atomic E-state index is -4.56. The maximum Gasteiger partial charge on any atom is 0.408 e. The summed E-state index contributed by atoms with van der Waals surface area (Å²) in [5, 5.41) is 7.67. The third-order valence-electron chi connectivity index (χ3n) is 8.03. The van der Waals surface area contributed by atoms with Crippen molar-refractivity contribution >= 4 is 28.5 Å². The molecule has 0 unspecified atom stereocenters. The lowest BCUT2D eigenvalue weighted by Gasteiger charge is -2.38. The Morgan fingerprint density at radius 3 is 2.60 bits per heavy atom. The van der Waals surface area contributed by atoms with E-state index in [9.17, 15) is 31.5 Å². The van der Waals surface area contributed by atoms with Crippen LogP contribution < -0.4 is 5.32 Å². The molecule has 2 amide bonds. The van der Waals surface area contributed by atoms with E-state index >= 15 is 0 Å². The van der Waals surface area contributed by atoms with Crippen LogP contribution in [-0.4, -0.2) is 73.8 Å². The number of hydrogen-bond donors (Lipinski definition) is 1. The zero-order valence-corrected chi connectivity index (χ0v) is 21.6. The fraction of sp³-hybridized carbons (Fsp3) is 0.481. The van der Waals surface area contributed by atoms with Crippen LogP contribution in [0, 0.1) is 11.6 Å². The summed E-state index contributed by atoms with van der Waals surface area (Å²) in [6.07, 6.45) is -0.944. The maximum absolute atomic E-state index is 15.0. The molecule has 212 valence electrons. The number of likely N-dealkylation sites (tertiary alicyclic amines) is 2. The molecule has 3 aromatic rings. The van der Waals surface area contributed by atoms with Crippen molar-refractivity contribution in [3.8, 4) is 0 Å². The summed E-state index contributed by atoms with van der Waals surface area (Å²) < 4.78 is 70.4. The molecule has 1 saturated carbocycles. The van der Waals surface area contributed by atoms with E-state index in [1.165, 1.54) is 0 Å². The van der Waals surface area contributed by atoms with Gasteiger partial charge in [-0.15, -0.1) is 0 Å². The van der Waals surface area contributed by atoms with Gasteiger partial charge >= 0.3 is 6.18 Å². The zero-order valence-electron chi connectivity index (χ0n) is 21.6. The Morgan fingerprint density at radius 2 is 1.90 bits per heavy atom.